The second kappa shape index (κ2) is 5.68. The fraction of sp³-hybridized carbons (Fsp3) is 0.0714. The monoisotopic (exact) mass is 300 g/mol. The zero-order valence-corrected chi connectivity index (χ0v) is 11.1. The lowest BCUT2D eigenvalue weighted by Crippen LogP contribution is -2.05. The van der Waals surface area contributed by atoms with Crippen molar-refractivity contribution in [1.82, 2.24) is 0 Å². The molecular weight excluding hydrogens is 293 g/mol. The minimum absolute atomic E-state index is 0.0245. The second-order valence-electron chi connectivity index (χ2n) is 3.99. The first kappa shape index (κ1) is 14.0. The van der Waals surface area contributed by atoms with E-state index in [1.54, 1.807) is 12.1 Å². The zero-order chi connectivity index (χ0) is 14.0. The van der Waals surface area contributed by atoms with Crippen LogP contribution in [0.2, 0.25) is 10.0 Å². The highest BCUT2D eigenvalue weighted by molar-refractivity contribution is 6.35. The smallest absolute Gasteiger partial charge is 0.167 e. The van der Waals surface area contributed by atoms with Gasteiger partial charge in [0.05, 0.1) is 0 Å². The summed E-state index contributed by atoms with van der Waals surface area (Å²) in [5, 5.41) is 0.802. The van der Waals surface area contributed by atoms with Crippen molar-refractivity contribution >= 4 is 29.0 Å². The van der Waals surface area contributed by atoms with Crippen LogP contribution in [0.5, 0.6) is 0 Å². The van der Waals surface area contributed by atoms with Gasteiger partial charge in [0.1, 0.15) is 11.6 Å². The van der Waals surface area contributed by atoms with Gasteiger partial charge in [-0.2, -0.15) is 0 Å². The largest absolute Gasteiger partial charge is 0.294 e. The van der Waals surface area contributed by atoms with Crippen LogP contribution in [0.25, 0.3) is 0 Å². The Labute approximate surface area is 118 Å². The highest BCUT2D eigenvalue weighted by Gasteiger charge is 2.12. The fourth-order valence-corrected chi connectivity index (χ4v) is 2.13. The maximum atomic E-state index is 13.0. The number of hydrogen-bond acceptors (Lipinski definition) is 1. The zero-order valence-electron chi connectivity index (χ0n) is 9.59. The second-order valence-corrected chi connectivity index (χ2v) is 4.84. The van der Waals surface area contributed by atoms with Crippen molar-refractivity contribution in [3.63, 3.8) is 0 Å². The highest BCUT2D eigenvalue weighted by atomic mass is 35.5. The van der Waals surface area contributed by atoms with Crippen LogP contribution < -0.4 is 0 Å². The van der Waals surface area contributed by atoms with E-state index in [0.717, 1.165) is 12.1 Å². The Balaban J connectivity index is 2.25. The molecule has 2 rings (SSSR count). The summed E-state index contributed by atoms with van der Waals surface area (Å²) in [7, 11) is 0. The summed E-state index contributed by atoms with van der Waals surface area (Å²) in [6.07, 6.45) is -0.0428. The van der Waals surface area contributed by atoms with Gasteiger partial charge in [0, 0.05) is 28.1 Å². The van der Waals surface area contributed by atoms with E-state index in [0.29, 0.717) is 21.7 Å². The lowest BCUT2D eigenvalue weighted by molar-refractivity contribution is 0.0992. The van der Waals surface area contributed by atoms with Gasteiger partial charge in [-0.05, 0) is 29.8 Å². The number of halogens is 4. The van der Waals surface area contributed by atoms with Gasteiger partial charge in [-0.1, -0.05) is 29.3 Å². The number of hydrogen-bond donors (Lipinski definition) is 0. The topological polar surface area (TPSA) is 17.1 Å². The van der Waals surface area contributed by atoms with E-state index < -0.39 is 17.4 Å². The Morgan fingerprint density at radius 3 is 2.21 bits per heavy atom. The van der Waals surface area contributed by atoms with Crippen molar-refractivity contribution in [2.24, 2.45) is 0 Å². The van der Waals surface area contributed by atoms with Gasteiger partial charge < -0.3 is 0 Å². The minimum atomic E-state index is -0.787. The number of Topliss-reactive ketones (excluding diaryl/α,β-unsaturated/α-hetero) is 1. The molecule has 0 aliphatic rings. The van der Waals surface area contributed by atoms with Gasteiger partial charge in [0.15, 0.2) is 5.78 Å². The molecule has 2 aromatic rings. The van der Waals surface area contributed by atoms with Crippen LogP contribution in [0.4, 0.5) is 8.78 Å². The molecule has 1 nitrogen and oxygen atoms in total. The molecule has 0 unspecified atom stereocenters. The molecule has 0 amide bonds. The summed E-state index contributed by atoms with van der Waals surface area (Å²) < 4.78 is 26.0. The summed E-state index contributed by atoms with van der Waals surface area (Å²) in [5.74, 6) is -1.99. The standard InChI is InChI=1S/C14H8Cl2F2O/c15-10-2-1-8(13(16)6-10)5-14(19)9-3-11(17)7-12(18)4-9/h1-4,6-7H,5H2. The van der Waals surface area contributed by atoms with Crippen molar-refractivity contribution in [2.45, 2.75) is 6.42 Å². The molecule has 0 fully saturated rings. The Hall–Kier alpha value is -1.45. The number of benzene rings is 2. The van der Waals surface area contributed by atoms with Crippen LogP contribution in [-0.2, 0) is 6.42 Å². The first-order valence-corrected chi connectivity index (χ1v) is 6.14. The number of carbonyl (C=O) groups excluding carboxylic acids is 1. The third-order valence-corrected chi connectivity index (χ3v) is 3.14. The van der Waals surface area contributed by atoms with E-state index in [9.17, 15) is 13.6 Å². The molecule has 0 aromatic heterocycles. The molecule has 98 valence electrons. The van der Waals surface area contributed by atoms with Crippen molar-refractivity contribution in [3.8, 4) is 0 Å². The Bertz CT molecular complexity index is 621. The van der Waals surface area contributed by atoms with E-state index in [1.165, 1.54) is 6.07 Å². The molecule has 0 aliphatic heterocycles. The highest BCUT2D eigenvalue weighted by Crippen LogP contribution is 2.22. The molecule has 0 aliphatic carbocycles. The first-order valence-electron chi connectivity index (χ1n) is 5.39. The fourth-order valence-electron chi connectivity index (χ4n) is 1.65. The van der Waals surface area contributed by atoms with Crippen LogP contribution in [0, 0.1) is 11.6 Å². The average molecular weight is 301 g/mol. The van der Waals surface area contributed by atoms with Crippen LogP contribution in [0.1, 0.15) is 15.9 Å². The van der Waals surface area contributed by atoms with E-state index in [-0.39, 0.29) is 12.0 Å². The summed E-state index contributed by atoms with van der Waals surface area (Å²) in [4.78, 5) is 11.9. The van der Waals surface area contributed by atoms with Crippen LogP contribution >= 0.6 is 23.2 Å². The maximum absolute atomic E-state index is 13.0. The molecule has 0 spiro atoms. The predicted octanol–water partition coefficient (Wildman–Crippen LogP) is 4.70. The Morgan fingerprint density at radius 1 is 1.00 bits per heavy atom. The maximum Gasteiger partial charge on any atom is 0.167 e. The molecule has 0 bridgehead atoms. The molecule has 0 atom stereocenters. The molecule has 0 saturated carbocycles. The SMILES string of the molecule is O=C(Cc1ccc(Cl)cc1Cl)c1cc(F)cc(F)c1. The quantitative estimate of drug-likeness (QED) is 0.751. The molecule has 5 heteroatoms. The van der Waals surface area contributed by atoms with Crippen molar-refractivity contribution < 1.29 is 13.6 Å². The number of ketones is 1. The molecule has 19 heavy (non-hydrogen) atoms. The van der Waals surface area contributed by atoms with Crippen LogP contribution in [0.3, 0.4) is 0 Å². The number of rotatable bonds is 3. The van der Waals surface area contributed by atoms with E-state index in [1.807, 2.05) is 0 Å². The van der Waals surface area contributed by atoms with Gasteiger partial charge in [-0.15, -0.1) is 0 Å². The molecule has 0 saturated heterocycles. The van der Waals surface area contributed by atoms with Crippen molar-refractivity contribution in [1.29, 1.82) is 0 Å². The summed E-state index contributed by atoms with van der Waals surface area (Å²) in [5.41, 5.74) is 0.532. The summed E-state index contributed by atoms with van der Waals surface area (Å²) in [6, 6.07) is 7.43. The van der Waals surface area contributed by atoms with Crippen molar-refractivity contribution in [3.05, 3.63) is 69.2 Å². The summed E-state index contributed by atoms with van der Waals surface area (Å²) in [6.45, 7) is 0. The molecule has 0 heterocycles. The molecule has 2 aromatic carbocycles. The summed E-state index contributed by atoms with van der Waals surface area (Å²) >= 11 is 11.7. The first-order chi connectivity index (χ1) is 8.95. The van der Waals surface area contributed by atoms with Crippen LogP contribution in [-0.4, -0.2) is 5.78 Å². The van der Waals surface area contributed by atoms with E-state index in [4.69, 9.17) is 23.2 Å². The molecular formula is C14H8Cl2F2O. The molecule has 0 N–H and O–H groups in total. The van der Waals surface area contributed by atoms with E-state index in [2.05, 4.69) is 0 Å². The van der Waals surface area contributed by atoms with Crippen molar-refractivity contribution in [2.75, 3.05) is 0 Å². The third-order valence-electron chi connectivity index (χ3n) is 2.55. The Morgan fingerprint density at radius 2 is 1.63 bits per heavy atom. The van der Waals surface area contributed by atoms with Gasteiger partial charge in [0.25, 0.3) is 0 Å². The average Bonchev–Trinajstić information content (AvgIpc) is 2.31. The van der Waals surface area contributed by atoms with Gasteiger partial charge >= 0.3 is 0 Å². The lowest BCUT2D eigenvalue weighted by Gasteiger charge is -2.05. The van der Waals surface area contributed by atoms with Gasteiger partial charge in [-0.25, -0.2) is 8.78 Å². The molecule has 0 radical (unpaired) electrons. The lowest BCUT2D eigenvalue weighted by atomic mass is 10.0. The Kier molecular flexibility index (Phi) is 4.17. The predicted molar refractivity (Wildman–Crippen MR) is 70.9 cm³/mol. The van der Waals surface area contributed by atoms with Crippen LogP contribution in [0.15, 0.2) is 36.4 Å². The van der Waals surface area contributed by atoms with Gasteiger partial charge in [-0.3, -0.25) is 4.79 Å². The van der Waals surface area contributed by atoms with Gasteiger partial charge in [0.2, 0.25) is 0 Å². The minimum Gasteiger partial charge on any atom is -0.294 e. The van der Waals surface area contributed by atoms with E-state index >= 15 is 0 Å². The third kappa shape index (κ3) is 3.52. The normalized spacial score (nSPS) is 10.5. The number of carbonyl (C=O) groups is 1.